The Kier molecular flexibility index (Phi) is 4.07. The number of carbonyl (C=O) groups excluding carboxylic acids is 1. The second-order valence-corrected chi connectivity index (χ2v) is 3.91. The average molecular weight is 293 g/mol. The molecule has 0 atom stereocenters. The van der Waals surface area contributed by atoms with Crippen LogP contribution in [0.5, 0.6) is 0 Å². The normalized spacial score (nSPS) is 10.0. The predicted octanol–water partition coefficient (Wildman–Crippen LogP) is 2.70. The van der Waals surface area contributed by atoms with E-state index in [0.717, 1.165) is 12.1 Å². The lowest BCUT2D eigenvalue weighted by Gasteiger charge is -2.09. The monoisotopic (exact) mass is 293 g/mol. The van der Waals surface area contributed by atoms with Gasteiger partial charge in [0.1, 0.15) is 11.6 Å². The lowest BCUT2D eigenvalue weighted by atomic mass is 10.3. The average Bonchev–Trinajstić information content (AvgIpc) is 2.42. The molecule has 1 heterocycles. The molecule has 3 N–H and O–H groups in total. The number of hydrogen-bond acceptors (Lipinski definition) is 3. The highest BCUT2D eigenvalue weighted by Crippen LogP contribution is 2.16. The predicted molar refractivity (Wildman–Crippen MR) is 70.2 cm³/mol. The molecule has 6 nitrogen and oxygen atoms in total. The van der Waals surface area contributed by atoms with Crippen molar-refractivity contribution in [2.24, 2.45) is 0 Å². The van der Waals surface area contributed by atoms with Crippen molar-refractivity contribution in [3.8, 4) is 0 Å². The van der Waals surface area contributed by atoms with E-state index in [9.17, 15) is 18.4 Å². The van der Waals surface area contributed by atoms with Crippen LogP contribution in [-0.4, -0.2) is 22.1 Å². The lowest BCUT2D eigenvalue weighted by Crippen LogP contribution is -2.22. The van der Waals surface area contributed by atoms with Crippen LogP contribution in [0, 0.1) is 11.6 Å². The van der Waals surface area contributed by atoms with E-state index >= 15 is 0 Å². The maximum absolute atomic E-state index is 13.4. The van der Waals surface area contributed by atoms with Crippen LogP contribution in [0.1, 0.15) is 10.5 Å². The van der Waals surface area contributed by atoms with Gasteiger partial charge in [-0.2, -0.15) is 0 Å². The Morgan fingerprint density at radius 1 is 1.10 bits per heavy atom. The van der Waals surface area contributed by atoms with Gasteiger partial charge < -0.3 is 15.7 Å². The van der Waals surface area contributed by atoms with Crippen LogP contribution in [0.2, 0.25) is 0 Å². The Balaban J connectivity index is 2.14. The lowest BCUT2D eigenvalue weighted by molar-refractivity contribution is 0.0691. The van der Waals surface area contributed by atoms with Gasteiger partial charge >= 0.3 is 12.0 Å². The summed E-state index contributed by atoms with van der Waals surface area (Å²) < 4.78 is 26.1. The van der Waals surface area contributed by atoms with E-state index in [1.165, 1.54) is 18.3 Å². The van der Waals surface area contributed by atoms with Crippen LogP contribution in [-0.2, 0) is 0 Å². The van der Waals surface area contributed by atoms with E-state index in [4.69, 9.17) is 5.11 Å². The first-order valence-electron chi connectivity index (χ1n) is 5.69. The number of aromatic nitrogens is 1. The van der Waals surface area contributed by atoms with E-state index in [2.05, 4.69) is 15.6 Å². The number of carboxylic acid groups (broad SMARTS) is 1. The number of nitrogens with zero attached hydrogens (tertiary/aromatic N) is 1. The van der Waals surface area contributed by atoms with Gasteiger partial charge in [0.05, 0.1) is 11.4 Å². The maximum atomic E-state index is 13.4. The number of hydrogen-bond donors (Lipinski definition) is 3. The number of carbonyl (C=O) groups is 2. The first-order valence-corrected chi connectivity index (χ1v) is 5.69. The molecule has 2 amide bonds. The third-order valence-corrected chi connectivity index (χ3v) is 2.44. The Morgan fingerprint density at radius 3 is 2.48 bits per heavy atom. The van der Waals surface area contributed by atoms with Gasteiger partial charge in [-0.25, -0.2) is 23.4 Å². The molecular formula is C13H9F2N3O3. The summed E-state index contributed by atoms with van der Waals surface area (Å²) in [6.07, 6.45) is 1.26. The largest absolute Gasteiger partial charge is 0.476 e. The van der Waals surface area contributed by atoms with Gasteiger partial charge in [-0.05, 0) is 24.3 Å². The molecule has 0 aliphatic carbocycles. The number of urea groups is 1. The van der Waals surface area contributed by atoms with Crippen molar-refractivity contribution in [1.29, 1.82) is 0 Å². The van der Waals surface area contributed by atoms with Crippen molar-refractivity contribution >= 4 is 23.4 Å². The Morgan fingerprint density at radius 2 is 1.81 bits per heavy atom. The molecule has 0 unspecified atom stereocenters. The van der Waals surface area contributed by atoms with Gasteiger partial charge in [0, 0.05) is 12.3 Å². The molecule has 1 aromatic carbocycles. The van der Waals surface area contributed by atoms with Gasteiger partial charge in [-0.1, -0.05) is 0 Å². The van der Waals surface area contributed by atoms with Crippen molar-refractivity contribution < 1.29 is 23.5 Å². The van der Waals surface area contributed by atoms with Gasteiger partial charge in [0.2, 0.25) is 0 Å². The number of anilines is 2. The standard InChI is InChI=1S/C13H9F2N3O3/c14-7-3-4-9(8(15)6-7)17-13(21)18-10-2-1-5-16-11(10)12(19)20/h1-6H,(H,19,20)(H2,17,18,21). The highest BCUT2D eigenvalue weighted by atomic mass is 19.1. The summed E-state index contributed by atoms with van der Waals surface area (Å²) in [5, 5.41) is 13.3. The molecular weight excluding hydrogens is 284 g/mol. The smallest absolute Gasteiger partial charge is 0.356 e. The molecule has 1 aromatic heterocycles. The second-order valence-electron chi connectivity index (χ2n) is 3.91. The molecule has 2 rings (SSSR count). The molecule has 8 heteroatoms. The number of benzene rings is 1. The number of nitrogens with one attached hydrogen (secondary N) is 2. The quantitative estimate of drug-likeness (QED) is 0.811. The first kappa shape index (κ1) is 14.4. The molecule has 0 aliphatic heterocycles. The topological polar surface area (TPSA) is 91.3 Å². The van der Waals surface area contributed by atoms with Crippen molar-refractivity contribution in [3.63, 3.8) is 0 Å². The van der Waals surface area contributed by atoms with Crippen LogP contribution >= 0.6 is 0 Å². The molecule has 0 spiro atoms. The number of amides is 2. The molecule has 0 fully saturated rings. The van der Waals surface area contributed by atoms with Gasteiger partial charge in [0.15, 0.2) is 5.69 Å². The highest BCUT2D eigenvalue weighted by Gasteiger charge is 2.14. The third-order valence-electron chi connectivity index (χ3n) is 2.44. The van der Waals surface area contributed by atoms with E-state index in [1.807, 2.05) is 0 Å². The zero-order valence-corrected chi connectivity index (χ0v) is 10.4. The summed E-state index contributed by atoms with van der Waals surface area (Å²) in [6, 6.07) is 4.52. The Bertz CT molecular complexity index is 707. The number of rotatable bonds is 3. The fraction of sp³-hybridized carbons (Fsp3) is 0. The van der Waals surface area contributed by atoms with Gasteiger partial charge in [-0.3, -0.25) is 0 Å². The van der Waals surface area contributed by atoms with Crippen molar-refractivity contribution in [3.05, 3.63) is 53.9 Å². The zero-order valence-electron chi connectivity index (χ0n) is 10.4. The summed E-state index contributed by atoms with van der Waals surface area (Å²) in [5.74, 6) is -3.05. The van der Waals surface area contributed by atoms with E-state index in [1.54, 1.807) is 0 Å². The minimum atomic E-state index is -1.32. The highest BCUT2D eigenvalue weighted by molar-refractivity contribution is 6.03. The molecule has 0 bridgehead atoms. The van der Waals surface area contributed by atoms with Crippen molar-refractivity contribution in [2.75, 3.05) is 10.6 Å². The van der Waals surface area contributed by atoms with Crippen molar-refractivity contribution in [2.45, 2.75) is 0 Å². The molecule has 0 radical (unpaired) electrons. The molecule has 0 saturated heterocycles. The number of pyridine rings is 1. The fourth-order valence-electron chi connectivity index (χ4n) is 1.54. The Labute approximate surface area is 117 Å². The molecule has 108 valence electrons. The number of carboxylic acids is 1. The third kappa shape index (κ3) is 3.50. The Hall–Kier alpha value is -3.03. The van der Waals surface area contributed by atoms with Gasteiger partial charge in [0.25, 0.3) is 0 Å². The minimum Gasteiger partial charge on any atom is -0.476 e. The maximum Gasteiger partial charge on any atom is 0.356 e. The first-order chi connectivity index (χ1) is 9.97. The van der Waals surface area contributed by atoms with E-state index in [-0.39, 0.29) is 17.1 Å². The van der Waals surface area contributed by atoms with Crippen LogP contribution in [0.3, 0.4) is 0 Å². The summed E-state index contributed by atoms with van der Waals surface area (Å²) in [4.78, 5) is 26.2. The molecule has 2 aromatic rings. The second kappa shape index (κ2) is 5.95. The summed E-state index contributed by atoms with van der Waals surface area (Å²) >= 11 is 0. The molecule has 21 heavy (non-hydrogen) atoms. The van der Waals surface area contributed by atoms with Gasteiger partial charge in [-0.15, -0.1) is 0 Å². The SMILES string of the molecule is O=C(Nc1ccc(F)cc1F)Nc1cccnc1C(=O)O. The van der Waals surface area contributed by atoms with Crippen LogP contribution in [0.25, 0.3) is 0 Å². The van der Waals surface area contributed by atoms with Crippen LogP contribution in [0.15, 0.2) is 36.5 Å². The van der Waals surface area contributed by atoms with E-state index < -0.39 is 23.6 Å². The van der Waals surface area contributed by atoms with Crippen LogP contribution < -0.4 is 10.6 Å². The minimum absolute atomic E-state index is 0.0509. The summed E-state index contributed by atoms with van der Waals surface area (Å²) in [7, 11) is 0. The van der Waals surface area contributed by atoms with E-state index in [0.29, 0.717) is 6.07 Å². The van der Waals surface area contributed by atoms with Crippen LogP contribution in [0.4, 0.5) is 25.0 Å². The number of aromatic carboxylic acids is 1. The summed E-state index contributed by atoms with van der Waals surface area (Å²) in [5.41, 5.74) is -0.646. The van der Waals surface area contributed by atoms with Crippen molar-refractivity contribution in [1.82, 2.24) is 4.98 Å². The molecule has 0 aliphatic rings. The summed E-state index contributed by atoms with van der Waals surface area (Å²) in [6.45, 7) is 0. The zero-order chi connectivity index (χ0) is 15.4. The number of halogens is 2. The fourth-order valence-corrected chi connectivity index (χ4v) is 1.54. The molecule has 0 saturated carbocycles.